The Bertz CT molecular complexity index is 294. The number of ether oxygens (including phenoxy) is 2. The Balaban J connectivity index is 2.57. The van der Waals surface area contributed by atoms with Gasteiger partial charge in [-0.3, -0.25) is 0 Å². The summed E-state index contributed by atoms with van der Waals surface area (Å²) in [5.41, 5.74) is 1.77. The van der Waals surface area contributed by atoms with Crippen molar-refractivity contribution in [1.82, 2.24) is 9.97 Å². The second-order valence-electron chi connectivity index (χ2n) is 2.74. The summed E-state index contributed by atoms with van der Waals surface area (Å²) in [6.45, 7) is 2.86. The lowest BCUT2D eigenvalue weighted by molar-refractivity contribution is 0.140. The van der Waals surface area contributed by atoms with Gasteiger partial charge in [-0.1, -0.05) is 0 Å². The first-order chi connectivity index (χ1) is 6.77. The van der Waals surface area contributed by atoms with Gasteiger partial charge in [0.2, 0.25) is 0 Å². The molecule has 0 aliphatic carbocycles. The van der Waals surface area contributed by atoms with Gasteiger partial charge >= 0.3 is 6.01 Å². The Morgan fingerprint density at radius 1 is 1.43 bits per heavy atom. The zero-order valence-electron chi connectivity index (χ0n) is 8.29. The number of aryl methyl sites for hydroxylation is 1. The van der Waals surface area contributed by atoms with Crippen LogP contribution in [0, 0.1) is 6.92 Å². The first kappa shape index (κ1) is 11.2. The minimum Gasteiger partial charge on any atom is -0.461 e. The molecule has 1 aromatic heterocycles. The van der Waals surface area contributed by atoms with Crippen LogP contribution >= 0.6 is 11.6 Å². The first-order valence-corrected chi connectivity index (χ1v) is 4.81. The average Bonchev–Trinajstić information content (AvgIpc) is 2.18. The van der Waals surface area contributed by atoms with Crippen LogP contribution in [0.2, 0.25) is 0 Å². The van der Waals surface area contributed by atoms with E-state index in [4.69, 9.17) is 21.1 Å². The van der Waals surface area contributed by atoms with Crippen molar-refractivity contribution < 1.29 is 9.47 Å². The van der Waals surface area contributed by atoms with Crippen molar-refractivity contribution in [3.05, 3.63) is 17.5 Å². The van der Waals surface area contributed by atoms with Gasteiger partial charge in [-0.2, -0.15) is 0 Å². The monoisotopic (exact) mass is 216 g/mol. The van der Waals surface area contributed by atoms with Gasteiger partial charge in [-0.25, -0.2) is 9.97 Å². The molecule has 0 atom stereocenters. The maximum absolute atomic E-state index is 5.67. The van der Waals surface area contributed by atoms with E-state index in [2.05, 4.69) is 9.97 Å². The van der Waals surface area contributed by atoms with Crippen LogP contribution in [0.4, 0.5) is 0 Å². The minimum atomic E-state index is 0.369. The van der Waals surface area contributed by atoms with E-state index in [1.807, 2.05) is 6.92 Å². The fourth-order valence-corrected chi connectivity index (χ4v) is 1.15. The summed E-state index contributed by atoms with van der Waals surface area (Å²) >= 11 is 5.67. The molecular formula is C9H13ClN2O2. The van der Waals surface area contributed by atoms with Crippen LogP contribution in [0.25, 0.3) is 0 Å². The molecule has 0 radical (unpaired) electrons. The van der Waals surface area contributed by atoms with Crippen LogP contribution in [0.15, 0.2) is 6.20 Å². The topological polar surface area (TPSA) is 44.2 Å². The number of methoxy groups -OCH3 is 1. The third-order valence-electron chi connectivity index (χ3n) is 1.72. The van der Waals surface area contributed by atoms with Crippen LogP contribution in [-0.4, -0.2) is 30.3 Å². The van der Waals surface area contributed by atoms with Crippen molar-refractivity contribution in [3.8, 4) is 6.01 Å². The Kier molecular flexibility index (Phi) is 4.62. The molecule has 78 valence electrons. The van der Waals surface area contributed by atoms with E-state index in [0.29, 0.717) is 25.1 Å². The molecule has 0 aliphatic rings. The summed E-state index contributed by atoms with van der Waals surface area (Å²) in [5.74, 6) is 0.421. The average molecular weight is 217 g/mol. The number of rotatable bonds is 5. The van der Waals surface area contributed by atoms with Crippen LogP contribution in [0.5, 0.6) is 6.01 Å². The maximum atomic E-state index is 5.67. The molecule has 1 rings (SSSR count). The third-order valence-corrected chi connectivity index (χ3v) is 2.01. The predicted molar refractivity (Wildman–Crippen MR) is 53.7 cm³/mol. The molecule has 0 unspecified atom stereocenters. The molecule has 0 N–H and O–H groups in total. The largest absolute Gasteiger partial charge is 0.461 e. The molecule has 0 saturated carbocycles. The van der Waals surface area contributed by atoms with Crippen LogP contribution in [0.3, 0.4) is 0 Å². The Labute approximate surface area is 88.2 Å². The molecule has 14 heavy (non-hydrogen) atoms. The van der Waals surface area contributed by atoms with Gasteiger partial charge in [0.1, 0.15) is 6.61 Å². The second kappa shape index (κ2) is 5.78. The molecule has 0 spiro atoms. The molecule has 1 aromatic rings. The molecular weight excluding hydrogens is 204 g/mol. The van der Waals surface area contributed by atoms with E-state index in [1.54, 1.807) is 13.3 Å². The third kappa shape index (κ3) is 3.12. The fourth-order valence-electron chi connectivity index (χ4n) is 0.888. The number of halogens is 1. The van der Waals surface area contributed by atoms with Crippen LogP contribution in [-0.2, 0) is 10.6 Å². The summed E-state index contributed by atoms with van der Waals surface area (Å²) in [6, 6.07) is 0.369. The van der Waals surface area contributed by atoms with Gasteiger partial charge in [-0.05, 0) is 6.92 Å². The van der Waals surface area contributed by atoms with Gasteiger partial charge in [0.25, 0.3) is 0 Å². The summed E-state index contributed by atoms with van der Waals surface area (Å²) in [6.07, 6.45) is 1.68. The van der Waals surface area contributed by atoms with Crippen LogP contribution < -0.4 is 4.74 Å². The van der Waals surface area contributed by atoms with Gasteiger partial charge < -0.3 is 9.47 Å². The molecule has 1 heterocycles. The lowest BCUT2D eigenvalue weighted by Gasteiger charge is -2.05. The van der Waals surface area contributed by atoms with Gasteiger partial charge in [0.05, 0.1) is 12.5 Å². The summed E-state index contributed by atoms with van der Waals surface area (Å²) < 4.78 is 10.1. The Morgan fingerprint density at radius 3 is 2.79 bits per heavy atom. The maximum Gasteiger partial charge on any atom is 0.316 e. The van der Waals surface area contributed by atoms with Crippen molar-refractivity contribution in [2.24, 2.45) is 0 Å². The normalized spacial score (nSPS) is 10.2. The minimum absolute atomic E-state index is 0.369. The number of nitrogens with zero attached hydrogens (tertiary/aromatic N) is 2. The van der Waals surface area contributed by atoms with Crippen molar-refractivity contribution in [2.45, 2.75) is 12.8 Å². The van der Waals surface area contributed by atoms with E-state index in [9.17, 15) is 0 Å². The summed E-state index contributed by atoms with van der Waals surface area (Å²) in [7, 11) is 1.62. The van der Waals surface area contributed by atoms with Gasteiger partial charge in [-0.15, -0.1) is 11.6 Å². The number of aromatic nitrogens is 2. The molecule has 4 nitrogen and oxygen atoms in total. The highest BCUT2D eigenvalue weighted by molar-refractivity contribution is 6.17. The molecule has 5 heteroatoms. The lowest BCUT2D eigenvalue weighted by atomic mass is 10.3. The van der Waals surface area contributed by atoms with E-state index in [0.717, 1.165) is 11.3 Å². The van der Waals surface area contributed by atoms with Gasteiger partial charge in [0.15, 0.2) is 0 Å². The molecule has 0 saturated heterocycles. The molecule has 0 aromatic carbocycles. The number of hydrogen-bond donors (Lipinski definition) is 0. The van der Waals surface area contributed by atoms with Crippen molar-refractivity contribution in [2.75, 3.05) is 20.3 Å². The zero-order chi connectivity index (χ0) is 10.4. The van der Waals surface area contributed by atoms with E-state index in [-0.39, 0.29) is 0 Å². The molecule has 0 amide bonds. The van der Waals surface area contributed by atoms with E-state index >= 15 is 0 Å². The van der Waals surface area contributed by atoms with E-state index < -0.39 is 0 Å². The summed E-state index contributed by atoms with van der Waals surface area (Å²) in [4.78, 5) is 8.15. The highest BCUT2D eigenvalue weighted by atomic mass is 35.5. The smallest absolute Gasteiger partial charge is 0.316 e. The molecule has 0 fully saturated rings. The van der Waals surface area contributed by atoms with Crippen LogP contribution in [0.1, 0.15) is 11.3 Å². The Hall–Kier alpha value is -0.870. The quantitative estimate of drug-likeness (QED) is 0.553. The lowest BCUT2D eigenvalue weighted by Crippen LogP contribution is -2.07. The Morgan fingerprint density at radius 2 is 2.21 bits per heavy atom. The highest BCUT2D eigenvalue weighted by Gasteiger charge is 2.02. The molecule has 0 bridgehead atoms. The number of hydrogen-bond acceptors (Lipinski definition) is 4. The van der Waals surface area contributed by atoms with E-state index in [1.165, 1.54) is 0 Å². The first-order valence-electron chi connectivity index (χ1n) is 4.28. The standard InChI is InChI=1S/C9H13ClN2O2/c1-7-8(5-10)6-11-9(12-7)14-4-3-13-2/h6H,3-5H2,1-2H3. The summed E-state index contributed by atoms with van der Waals surface area (Å²) in [5, 5.41) is 0. The van der Waals surface area contributed by atoms with Crippen molar-refractivity contribution in [1.29, 1.82) is 0 Å². The van der Waals surface area contributed by atoms with Gasteiger partial charge in [0, 0.05) is 24.6 Å². The SMILES string of the molecule is COCCOc1ncc(CCl)c(C)n1. The predicted octanol–water partition coefficient (Wildman–Crippen LogP) is 1.55. The molecule has 0 aliphatic heterocycles. The van der Waals surface area contributed by atoms with Crippen molar-refractivity contribution >= 4 is 11.6 Å². The van der Waals surface area contributed by atoms with Crippen molar-refractivity contribution in [3.63, 3.8) is 0 Å². The second-order valence-corrected chi connectivity index (χ2v) is 3.01. The highest BCUT2D eigenvalue weighted by Crippen LogP contribution is 2.10. The number of alkyl halides is 1. The zero-order valence-corrected chi connectivity index (χ0v) is 9.04. The fraction of sp³-hybridized carbons (Fsp3) is 0.556.